The molecule has 0 saturated carbocycles. The van der Waals surface area contributed by atoms with Crippen LogP contribution in [0.5, 0.6) is 0 Å². The van der Waals surface area contributed by atoms with E-state index in [-0.39, 0.29) is 12.2 Å². The van der Waals surface area contributed by atoms with E-state index >= 15 is 0 Å². The fourth-order valence-corrected chi connectivity index (χ4v) is 3.10. The van der Waals surface area contributed by atoms with Crippen molar-refractivity contribution < 1.29 is 9.50 Å². The Bertz CT molecular complexity index is 595. The van der Waals surface area contributed by atoms with Gasteiger partial charge in [-0.2, -0.15) is 5.10 Å². The molecule has 0 aliphatic carbocycles. The normalized spacial score (nSPS) is 14.2. The molecule has 1 unspecified atom stereocenters. The second-order valence-electron chi connectivity index (χ2n) is 5.11. The molecule has 0 radical (unpaired) electrons. The first-order valence-electron chi connectivity index (χ1n) is 6.63. The molecule has 1 aromatic heterocycles. The Morgan fingerprint density at radius 3 is 2.75 bits per heavy atom. The molecule has 1 heterocycles. The Labute approximate surface area is 126 Å². The highest BCUT2D eigenvalue weighted by molar-refractivity contribution is 9.10. The van der Waals surface area contributed by atoms with E-state index < -0.39 is 5.60 Å². The number of aromatic nitrogens is 2. The largest absolute Gasteiger partial charge is 0.383 e. The maximum Gasteiger partial charge on any atom is 0.126 e. The molecule has 1 aromatic carbocycles. The first-order chi connectivity index (χ1) is 9.45. The minimum absolute atomic E-state index is 0.202. The second kappa shape index (κ2) is 6.06. The van der Waals surface area contributed by atoms with Crippen LogP contribution in [0.2, 0.25) is 0 Å². The summed E-state index contributed by atoms with van der Waals surface area (Å²) in [6, 6.07) is 6.51. The number of benzene rings is 1. The van der Waals surface area contributed by atoms with Gasteiger partial charge in [-0.25, -0.2) is 4.39 Å². The maximum atomic E-state index is 13.8. The summed E-state index contributed by atoms with van der Waals surface area (Å²) in [5, 5.41) is 15.0. The third-order valence-corrected chi connectivity index (χ3v) is 3.81. The van der Waals surface area contributed by atoms with E-state index in [4.69, 9.17) is 0 Å². The molecule has 0 saturated heterocycles. The van der Waals surface area contributed by atoms with Crippen LogP contribution in [-0.4, -0.2) is 14.9 Å². The molecule has 2 aromatic rings. The van der Waals surface area contributed by atoms with Gasteiger partial charge in [0.25, 0.3) is 0 Å². The molecule has 2 rings (SSSR count). The van der Waals surface area contributed by atoms with Crippen molar-refractivity contribution in [2.75, 3.05) is 0 Å². The molecule has 0 fully saturated rings. The lowest BCUT2D eigenvalue weighted by Gasteiger charge is -2.25. The topological polar surface area (TPSA) is 38.0 Å². The lowest BCUT2D eigenvalue weighted by molar-refractivity contribution is 0.0461. The lowest BCUT2D eigenvalue weighted by Crippen LogP contribution is -2.29. The van der Waals surface area contributed by atoms with Gasteiger partial charge in [0.05, 0.1) is 16.4 Å². The predicted molar refractivity (Wildman–Crippen MR) is 79.9 cm³/mol. The first kappa shape index (κ1) is 15.2. The predicted octanol–water partition coefficient (Wildman–Crippen LogP) is 3.64. The molecule has 0 aliphatic rings. The Morgan fingerprint density at radius 1 is 1.40 bits per heavy atom. The smallest absolute Gasteiger partial charge is 0.126 e. The van der Waals surface area contributed by atoms with E-state index in [0.717, 1.165) is 10.9 Å². The lowest BCUT2D eigenvalue weighted by atomic mass is 9.93. The number of nitrogens with zero attached hydrogens (tertiary/aromatic N) is 2. The Kier molecular flexibility index (Phi) is 4.60. The summed E-state index contributed by atoms with van der Waals surface area (Å²) < 4.78 is 16.3. The Morgan fingerprint density at radius 2 is 2.10 bits per heavy atom. The van der Waals surface area contributed by atoms with E-state index in [1.54, 1.807) is 36.0 Å². The van der Waals surface area contributed by atoms with Crippen molar-refractivity contribution in [3.8, 4) is 0 Å². The number of rotatable bonds is 5. The summed E-state index contributed by atoms with van der Waals surface area (Å²) >= 11 is 3.42. The number of aliphatic hydroxyl groups is 1. The van der Waals surface area contributed by atoms with Gasteiger partial charge < -0.3 is 5.11 Å². The quantitative estimate of drug-likeness (QED) is 0.902. The summed E-state index contributed by atoms with van der Waals surface area (Å²) in [7, 11) is 0. The number of hydrogen-bond acceptors (Lipinski definition) is 2. The summed E-state index contributed by atoms with van der Waals surface area (Å²) in [6.07, 6.45) is 2.78. The molecular weight excluding hydrogens is 323 g/mol. The summed E-state index contributed by atoms with van der Waals surface area (Å²) in [6.45, 7) is 4.45. The van der Waals surface area contributed by atoms with E-state index in [1.807, 2.05) is 6.92 Å². The molecule has 108 valence electrons. The zero-order chi connectivity index (χ0) is 14.8. The Hall–Kier alpha value is -1.20. The molecule has 1 atom stereocenters. The summed E-state index contributed by atoms with van der Waals surface area (Å²) in [5.41, 5.74) is -0.0107. The first-order valence-corrected chi connectivity index (χ1v) is 7.42. The van der Waals surface area contributed by atoms with Gasteiger partial charge in [0.1, 0.15) is 11.4 Å². The minimum atomic E-state index is -1.19. The van der Waals surface area contributed by atoms with Gasteiger partial charge in [0, 0.05) is 13.0 Å². The van der Waals surface area contributed by atoms with Crippen molar-refractivity contribution in [1.29, 1.82) is 0 Å². The van der Waals surface area contributed by atoms with Crippen LogP contribution in [0.1, 0.15) is 31.5 Å². The number of hydrogen-bond donors (Lipinski definition) is 1. The third kappa shape index (κ3) is 3.10. The standard InChI is InChI=1S/C15H18BrFN2O/c1-3-8-19-14(12(16)10-18-19)15(2,20)9-11-6-4-5-7-13(11)17/h4-7,10,20H,3,8-9H2,1-2H3. The van der Waals surface area contributed by atoms with Crippen LogP contribution in [0, 0.1) is 5.82 Å². The fourth-order valence-electron chi connectivity index (χ4n) is 2.38. The van der Waals surface area contributed by atoms with Crippen LogP contribution in [0.3, 0.4) is 0 Å². The van der Waals surface area contributed by atoms with Crippen LogP contribution in [0.25, 0.3) is 0 Å². The van der Waals surface area contributed by atoms with Gasteiger partial charge in [-0.05, 0) is 40.9 Å². The average Bonchev–Trinajstić information content (AvgIpc) is 2.74. The van der Waals surface area contributed by atoms with Crippen molar-refractivity contribution >= 4 is 15.9 Å². The van der Waals surface area contributed by atoms with Gasteiger partial charge in [-0.3, -0.25) is 4.68 Å². The van der Waals surface area contributed by atoms with Crippen LogP contribution in [-0.2, 0) is 18.6 Å². The van der Waals surface area contributed by atoms with Crippen molar-refractivity contribution in [3.63, 3.8) is 0 Å². The molecule has 0 spiro atoms. The highest BCUT2D eigenvalue weighted by Gasteiger charge is 2.31. The average molecular weight is 341 g/mol. The van der Waals surface area contributed by atoms with Crippen LogP contribution < -0.4 is 0 Å². The van der Waals surface area contributed by atoms with E-state index in [2.05, 4.69) is 21.0 Å². The van der Waals surface area contributed by atoms with Crippen LogP contribution in [0.4, 0.5) is 4.39 Å². The van der Waals surface area contributed by atoms with Gasteiger partial charge in [-0.15, -0.1) is 0 Å². The van der Waals surface area contributed by atoms with Gasteiger partial charge in [0.15, 0.2) is 0 Å². The van der Waals surface area contributed by atoms with Crippen molar-refractivity contribution in [1.82, 2.24) is 9.78 Å². The van der Waals surface area contributed by atoms with Crippen molar-refractivity contribution in [3.05, 3.63) is 52.0 Å². The zero-order valence-electron chi connectivity index (χ0n) is 11.6. The molecular formula is C15H18BrFN2O. The monoisotopic (exact) mass is 340 g/mol. The Balaban J connectivity index is 2.35. The van der Waals surface area contributed by atoms with Crippen molar-refractivity contribution in [2.45, 2.75) is 38.8 Å². The van der Waals surface area contributed by atoms with Crippen LogP contribution in [0.15, 0.2) is 34.9 Å². The number of aryl methyl sites for hydroxylation is 1. The van der Waals surface area contributed by atoms with E-state index in [9.17, 15) is 9.50 Å². The number of halogens is 2. The molecule has 0 amide bonds. The van der Waals surface area contributed by atoms with Gasteiger partial charge in [0.2, 0.25) is 0 Å². The van der Waals surface area contributed by atoms with Gasteiger partial charge in [-0.1, -0.05) is 25.1 Å². The molecule has 0 bridgehead atoms. The SMILES string of the molecule is CCCn1ncc(Br)c1C(C)(O)Cc1ccccc1F. The zero-order valence-corrected chi connectivity index (χ0v) is 13.2. The molecule has 3 nitrogen and oxygen atoms in total. The summed E-state index contributed by atoms with van der Waals surface area (Å²) in [5.74, 6) is -0.301. The van der Waals surface area contributed by atoms with Crippen molar-refractivity contribution in [2.24, 2.45) is 0 Å². The second-order valence-corrected chi connectivity index (χ2v) is 5.96. The van der Waals surface area contributed by atoms with E-state index in [1.165, 1.54) is 6.07 Å². The molecule has 1 N–H and O–H groups in total. The third-order valence-electron chi connectivity index (χ3n) is 3.23. The van der Waals surface area contributed by atoms with Crippen LogP contribution >= 0.6 is 15.9 Å². The van der Waals surface area contributed by atoms with Gasteiger partial charge >= 0.3 is 0 Å². The van der Waals surface area contributed by atoms with E-state index in [0.29, 0.717) is 17.8 Å². The minimum Gasteiger partial charge on any atom is -0.383 e. The highest BCUT2D eigenvalue weighted by atomic mass is 79.9. The molecule has 20 heavy (non-hydrogen) atoms. The molecule has 0 aliphatic heterocycles. The molecule has 5 heteroatoms. The summed E-state index contributed by atoms with van der Waals surface area (Å²) in [4.78, 5) is 0. The highest BCUT2D eigenvalue weighted by Crippen LogP contribution is 2.32. The maximum absolute atomic E-state index is 13.8. The fraction of sp³-hybridized carbons (Fsp3) is 0.400.